The van der Waals surface area contributed by atoms with Gasteiger partial charge in [0.1, 0.15) is 5.01 Å². The molecule has 0 spiro atoms. The Hall–Kier alpha value is -1.19. The van der Waals surface area contributed by atoms with Gasteiger partial charge in [0.15, 0.2) is 0 Å². The molecule has 2 aromatic rings. The molecule has 0 radical (unpaired) electrons. The summed E-state index contributed by atoms with van der Waals surface area (Å²) in [7, 11) is 2.05. The van der Waals surface area contributed by atoms with Crippen molar-refractivity contribution in [3.8, 4) is 10.6 Å². The van der Waals surface area contributed by atoms with Gasteiger partial charge in [-0.3, -0.25) is 0 Å². The number of aromatic nitrogens is 1. The molecule has 1 aromatic carbocycles. The molecule has 1 aromatic heterocycles. The molecule has 21 heavy (non-hydrogen) atoms. The molecule has 1 unspecified atom stereocenters. The van der Waals surface area contributed by atoms with Crippen LogP contribution in [0.15, 0.2) is 24.3 Å². The van der Waals surface area contributed by atoms with Gasteiger partial charge < -0.3 is 5.32 Å². The lowest BCUT2D eigenvalue weighted by Gasteiger charge is -2.20. The fourth-order valence-electron chi connectivity index (χ4n) is 2.93. The van der Waals surface area contributed by atoms with Crippen LogP contribution in [0.2, 0.25) is 0 Å². The van der Waals surface area contributed by atoms with Crippen LogP contribution in [0.3, 0.4) is 0 Å². The molecule has 0 bridgehead atoms. The second kappa shape index (κ2) is 5.54. The Morgan fingerprint density at radius 2 is 1.90 bits per heavy atom. The molecular weight excluding hydrogens is 276 g/mol. The third-order valence-corrected chi connectivity index (χ3v) is 5.56. The molecule has 0 fully saturated rings. The highest BCUT2D eigenvalue weighted by atomic mass is 32.1. The number of fused-ring (bicyclic) bond motifs is 1. The molecule has 1 heterocycles. The van der Waals surface area contributed by atoms with E-state index >= 15 is 0 Å². The van der Waals surface area contributed by atoms with Crippen LogP contribution in [0, 0.1) is 0 Å². The predicted octanol–water partition coefficient (Wildman–Crippen LogP) is 4.70. The van der Waals surface area contributed by atoms with Crippen molar-refractivity contribution >= 4 is 11.3 Å². The summed E-state index contributed by atoms with van der Waals surface area (Å²) in [5.41, 5.74) is 4.14. The molecule has 2 nitrogen and oxygen atoms in total. The standard InChI is InChI=1S/C18H24N2S/c1-18(2,3)13-10-8-12(9-11-13)17-20-15-7-5-6-14(19-4)16(15)21-17/h8-11,14,19H,5-7H2,1-4H3. The minimum Gasteiger partial charge on any atom is -0.312 e. The van der Waals surface area contributed by atoms with Gasteiger partial charge in [-0.15, -0.1) is 11.3 Å². The van der Waals surface area contributed by atoms with Gasteiger partial charge >= 0.3 is 0 Å². The number of rotatable bonds is 2. The van der Waals surface area contributed by atoms with E-state index in [2.05, 4.69) is 57.4 Å². The van der Waals surface area contributed by atoms with Crippen molar-refractivity contribution < 1.29 is 0 Å². The van der Waals surface area contributed by atoms with Gasteiger partial charge in [0, 0.05) is 16.5 Å². The largest absolute Gasteiger partial charge is 0.312 e. The van der Waals surface area contributed by atoms with Gasteiger partial charge in [0.05, 0.1) is 5.69 Å². The van der Waals surface area contributed by atoms with Crippen LogP contribution >= 0.6 is 11.3 Å². The minimum atomic E-state index is 0.206. The number of thiazole rings is 1. The summed E-state index contributed by atoms with van der Waals surface area (Å²) >= 11 is 1.86. The molecule has 1 atom stereocenters. The van der Waals surface area contributed by atoms with E-state index in [0.29, 0.717) is 6.04 Å². The van der Waals surface area contributed by atoms with Crippen molar-refractivity contribution in [2.45, 2.75) is 51.5 Å². The molecule has 1 aliphatic rings. The summed E-state index contributed by atoms with van der Waals surface area (Å²) in [6, 6.07) is 9.42. The lowest BCUT2D eigenvalue weighted by Crippen LogP contribution is -2.19. The molecule has 1 N–H and O–H groups in total. The SMILES string of the molecule is CNC1CCCc2nc(-c3ccc(C(C)(C)C)cc3)sc21. The number of nitrogens with one attached hydrogen (secondary N) is 1. The average Bonchev–Trinajstić information content (AvgIpc) is 2.90. The van der Waals surface area contributed by atoms with Crippen molar-refractivity contribution in [3.63, 3.8) is 0 Å². The van der Waals surface area contributed by atoms with Crippen LogP contribution in [-0.4, -0.2) is 12.0 Å². The van der Waals surface area contributed by atoms with E-state index in [4.69, 9.17) is 4.98 Å². The Balaban J connectivity index is 1.93. The quantitative estimate of drug-likeness (QED) is 0.869. The number of hydrogen-bond donors (Lipinski definition) is 1. The Kier molecular flexibility index (Phi) is 3.89. The molecule has 0 amide bonds. The third-order valence-electron chi connectivity index (χ3n) is 4.30. The number of nitrogens with zero attached hydrogens (tertiary/aromatic N) is 1. The minimum absolute atomic E-state index is 0.206. The zero-order valence-corrected chi connectivity index (χ0v) is 14.2. The monoisotopic (exact) mass is 300 g/mol. The maximum atomic E-state index is 4.89. The van der Waals surface area contributed by atoms with E-state index in [-0.39, 0.29) is 5.41 Å². The van der Waals surface area contributed by atoms with Gasteiger partial charge in [-0.25, -0.2) is 4.98 Å². The Bertz CT molecular complexity index is 620. The highest BCUT2D eigenvalue weighted by Crippen LogP contribution is 2.38. The van der Waals surface area contributed by atoms with Crippen LogP contribution in [0.1, 0.15) is 55.8 Å². The van der Waals surface area contributed by atoms with Crippen LogP contribution in [-0.2, 0) is 11.8 Å². The number of hydrogen-bond acceptors (Lipinski definition) is 3. The van der Waals surface area contributed by atoms with E-state index < -0.39 is 0 Å². The lowest BCUT2D eigenvalue weighted by atomic mass is 9.87. The first-order valence-electron chi connectivity index (χ1n) is 7.77. The zero-order valence-electron chi connectivity index (χ0n) is 13.4. The number of aryl methyl sites for hydroxylation is 1. The van der Waals surface area contributed by atoms with Crippen LogP contribution in [0.4, 0.5) is 0 Å². The summed E-state index contributed by atoms with van der Waals surface area (Å²) in [4.78, 5) is 6.33. The molecule has 1 aliphatic carbocycles. The molecule has 3 heteroatoms. The van der Waals surface area contributed by atoms with Gasteiger partial charge in [-0.05, 0) is 37.3 Å². The van der Waals surface area contributed by atoms with Crippen LogP contribution in [0.5, 0.6) is 0 Å². The maximum Gasteiger partial charge on any atom is 0.123 e. The molecule has 3 rings (SSSR count). The van der Waals surface area contributed by atoms with E-state index in [1.54, 1.807) is 0 Å². The van der Waals surface area contributed by atoms with E-state index in [9.17, 15) is 0 Å². The highest BCUT2D eigenvalue weighted by molar-refractivity contribution is 7.15. The van der Waals surface area contributed by atoms with Crippen LogP contribution < -0.4 is 5.32 Å². The lowest BCUT2D eigenvalue weighted by molar-refractivity contribution is 0.501. The summed E-state index contributed by atoms with van der Waals surface area (Å²) in [5.74, 6) is 0. The fourth-order valence-corrected chi connectivity index (χ4v) is 4.19. The van der Waals surface area contributed by atoms with Gasteiger partial charge in [-0.1, -0.05) is 45.0 Å². The Morgan fingerprint density at radius 1 is 1.19 bits per heavy atom. The molecule has 0 saturated heterocycles. The predicted molar refractivity (Wildman–Crippen MR) is 91.0 cm³/mol. The topological polar surface area (TPSA) is 24.9 Å². The van der Waals surface area contributed by atoms with E-state index in [1.165, 1.54) is 39.5 Å². The van der Waals surface area contributed by atoms with E-state index in [0.717, 1.165) is 6.42 Å². The van der Waals surface area contributed by atoms with Gasteiger partial charge in [0.25, 0.3) is 0 Å². The first-order chi connectivity index (χ1) is 9.99. The first-order valence-corrected chi connectivity index (χ1v) is 8.58. The summed E-state index contributed by atoms with van der Waals surface area (Å²) in [6.45, 7) is 6.75. The van der Waals surface area contributed by atoms with Gasteiger partial charge in [-0.2, -0.15) is 0 Å². The van der Waals surface area contributed by atoms with Crippen molar-refractivity contribution in [1.82, 2.24) is 10.3 Å². The maximum absolute atomic E-state index is 4.89. The van der Waals surface area contributed by atoms with Crippen molar-refractivity contribution in [1.29, 1.82) is 0 Å². The second-order valence-electron chi connectivity index (χ2n) is 6.89. The Morgan fingerprint density at radius 3 is 2.52 bits per heavy atom. The van der Waals surface area contributed by atoms with E-state index in [1.807, 2.05) is 11.3 Å². The molecule has 0 saturated carbocycles. The smallest absolute Gasteiger partial charge is 0.123 e. The molecule has 0 aliphatic heterocycles. The Labute approximate surface area is 131 Å². The van der Waals surface area contributed by atoms with Gasteiger partial charge in [0.2, 0.25) is 0 Å². The third kappa shape index (κ3) is 2.90. The van der Waals surface area contributed by atoms with Crippen molar-refractivity contribution in [2.75, 3.05) is 7.05 Å². The number of benzene rings is 1. The van der Waals surface area contributed by atoms with Crippen molar-refractivity contribution in [2.24, 2.45) is 0 Å². The zero-order chi connectivity index (χ0) is 15.0. The summed E-state index contributed by atoms with van der Waals surface area (Å²) in [6.07, 6.45) is 3.60. The second-order valence-corrected chi connectivity index (χ2v) is 7.92. The normalized spacial score (nSPS) is 18.6. The first kappa shape index (κ1) is 14.7. The fraction of sp³-hybridized carbons (Fsp3) is 0.500. The summed E-state index contributed by atoms with van der Waals surface area (Å²) in [5, 5.41) is 4.59. The van der Waals surface area contributed by atoms with Crippen LogP contribution in [0.25, 0.3) is 10.6 Å². The molecular formula is C18H24N2S. The highest BCUT2D eigenvalue weighted by Gasteiger charge is 2.23. The van der Waals surface area contributed by atoms with Crippen molar-refractivity contribution in [3.05, 3.63) is 40.4 Å². The summed E-state index contributed by atoms with van der Waals surface area (Å²) < 4.78 is 0. The molecule has 112 valence electrons. The average molecular weight is 300 g/mol.